The highest BCUT2D eigenvalue weighted by Crippen LogP contribution is 2.40. The van der Waals surface area contributed by atoms with Crippen LogP contribution < -0.4 is 0 Å². The van der Waals surface area contributed by atoms with Gasteiger partial charge in [-0.1, -0.05) is 0 Å². The summed E-state index contributed by atoms with van der Waals surface area (Å²) in [5, 5.41) is 0. The first kappa shape index (κ1) is 16.5. The SMILES string of the molecule is COCCCN1CC2(CCC1=O)CCN(Cc1ccco1)CC2. The van der Waals surface area contributed by atoms with Gasteiger partial charge >= 0.3 is 0 Å². The highest BCUT2D eigenvalue weighted by atomic mass is 16.5. The zero-order valence-corrected chi connectivity index (χ0v) is 14.1. The van der Waals surface area contributed by atoms with E-state index in [4.69, 9.17) is 9.15 Å². The van der Waals surface area contributed by atoms with Gasteiger partial charge in [-0.25, -0.2) is 0 Å². The number of piperidine rings is 2. The molecule has 1 aromatic rings. The van der Waals surface area contributed by atoms with Gasteiger partial charge in [-0.2, -0.15) is 0 Å². The molecule has 0 atom stereocenters. The molecule has 0 aliphatic carbocycles. The van der Waals surface area contributed by atoms with E-state index < -0.39 is 0 Å². The minimum absolute atomic E-state index is 0.324. The minimum Gasteiger partial charge on any atom is -0.468 e. The van der Waals surface area contributed by atoms with E-state index in [1.165, 1.54) is 12.8 Å². The normalized spacial score (nSPS) is 22.0. The Kier molecular flexibility index (Phi) is 5.38. The number of rotatable bonds is 6. The number of hydrogen-bond donors (Lipinski definition) is 0. The van der Waals surface area contributed by atoms with Crippen molar-refractivity contribution in [3.05, 3.63) is 24.2 Å². The van der Waals surface area contributed by atoms with E-state index in [1.807, 2.05) is 12.1 Å². The van der Waals surface area contributed by atoms with Crippen molar-refractivity contribution in [3.8, 4) is 0 Å². The Morgan fingerprint density at radius 2 is 2.13 bits per heavy atom. The van der Waals surface area contributed by atoms with Gasteiger partial charge < -0.3 is 14.1 Å². The van der Waals surface area contributed by atoms with E-state index in [1.54, 1.807) is 13.4 Å². The summed E-state index contributed by atoms with van der Waals surface area (Å²) in [5.74, 6) is 1.37. The van der Waals surface area contributed by atoms with Gasteiger partial charge in [0.1, 0.15) is 5.76 Å². The van der Waals surface area contributed by atoms with Crippen molar-refractivity contribution >= 4 is 5.91 Å². The van der Waals surface area contributed by atoms with Crippen LogP contribution >= 0.6 is 0 Å². The van der Waals surface area contributed by atoms with Gasteiger partial charge in [0.15, 0.2) is 0 Å². The standard InChI is InChI=1S/C18H28N2O3/c1-22-12-3-9-20-15-18(6-5-17(20)21)7-10-19(11-8-18)14-16-4-2-13-23-16/h2,4,13H,3,5-12,14-15H2,1H3. The summed E-state index contributed by atoms with van der Waals surface area (Å²) in [6.45, 7) is 5.60. The topological polar surface area (TPSA) is 45.9 Å². The van der Waals surface area contributed by atoms with Crippen molar-refractivity contribution in [1.29, 1.82) is 0 Å². The monoisotopic (exact) mass is 320 g/mol. The molecule has 23 heavy (non-hydrogen) atoms. The molecule has 1 spiro atoms. The second-order valence-electron chi connectivity index (χ2n) is 7.02. The molecule has 5 heteroatoms. The van der Waals surface area contributed by atoms with Crippen molar-refractivity contribution < 1.29 is 13.9 Å². The predicted octanol–water partition coefficient (Wildman–Crippen LogP) is 2.52. The molecule has 0 unspecified atom stereocenters. The third-order valence-electron chi connectivity index (χ3n) is 5.40. The van der Waals surface area contributed by atoms with Gasteiger partial charge in [-0.05, 0) is 56.3 Å². The minimum atomic E-state index is 0.324. The Balaban J connectivity index is 1.51. The molecule has 2 fully saturated rings. The Hall–Kier alpha value is -1.33. The number of nitrogens with zero attached hydrogens (tertiary/aromatic N) is 2. The average molecular weight is 320 g/mol. The van der Waals surface area contributed by atoms with Crippen molar-refractivity contribution in [2.45, 2.75) is 38.6 Å². The Morgan fingerprint density at radius 1 is 1.30 bits per heavy atom. The summed E-state index contributed by atoms with van der Waals surface area (Å²) >= 11 is 0. The van der Waals surface area contributed by atoms with Crippen LogP contribution in [0.25, 0.3) is 0 Å². The van der Waals surface area contributed by atoms with Crippen LogP contribution in [0.2, 0.25) is 0 Å². The highest BCUT2D eigenvalue weighted by molar-refractivity contribution is 5.77. The number of carbonyl (C=O) groups is 1. The number of hydrogen-bond acceptors (Lipinski definition) is 4. The fourth-order valence-corrected chi connectivity index (χ4v) is 3.92. The first-order valence-corrected chi connectivity index (χ1v) is 8.72. The molecule has 0 bridgehead atoms. The lowest BCUT2D eigenvalue weighted by Gasteiger charge is -2.47. The molecule has 2 aliphatic heterocycles. The summed E-state index contributed by atoms with van der Waals surface area (Å²) in [7, 11) is 1.72. The molecule has 0 N–H and O–H groups in total. The molecular weight excluding hydrogens is 292 g/mol. The summed E-state index contributed by atoms with van der Waals surface area (Å²) in [6.07, 6.45) is 6.81. The first-order chi connectivity index (χ1) is 11.2. The molecule has 0 saturated carbocycles. The molecule has 2 aliphatic rings. The lowest BCUT2D eigenvalue weighted by molar-refractivity contribution is -0.139. The van der Waals surface area contributed by atoms with Crippen LogP contribution in [0.1, 0.15) is 37.9 Å². The van der Waals surface area contributed by atoms with Gasteiger partial charge in [-0.15, -0.1) is 0 Å². The van der Waals surface area contributed by atoms with E-state index in [2.05, 4.69) is 9.80 Å². The summed E-state index contributed by atoms with van der Waals surface area (Å²) in [4.78, 5) is 16.7. The molecule has 0 aromatic carbocycles. The van der Waals surface area contributed by atoms with E-state index >= 15 is 0 Å². The van der Waals surface area contributed by atoms with Crippen molar-refractivity contribution in [2.75, 3.05) is 39.9 Å². The van der Waals surface area contributed by atoms with Gasteiger partial charge in [-0.3, -0.25) is 9.69 Å². The molecule has 2 saturated heterocycles. The smallest absolute Gasteiger partial charge is 0.222 e. The summed E-state index contributed by atoms with van der Waals surface area (Å²) in [5.41, 5.74) is 0.334. The van der Waals surface area contributed by atoms with Crippen molar-refractivity contribution in [1.82, 2.24) is 9.80 Å². The number of carbonyl (C=O) groups excluding carboxylic acids is 1. The molecule has 5 nitrogen and oxygen atoms in total. The second-order valence-corrected chi connectivity index (χ2v) is 7.02. The van der Waals surface area contributed by atoms with Gasteiger partial charge in [0, 0.05) is 33.2 Å². The number of furan rings is 1. The molecule has 128 valence electrons. The Bertz CT molecular complexity index is 492. The van der Waals surface area contributed by atoms with E-state index in [0.717, 1.165) is 57.9 Å². The number of likely N-dealkylation sites (tertiary alicyclic amines) is 2. The fourth-order valence-electron chi connectivity index (χ4n) is 3.92. The van der Waals surface area contributed by atoms with Crippen LogP contribution in [0.15, 0.2) is 22.8 Å². The predicted molar refractivity (Wildman–Crippen MR) is 88.0 cm³/mol. The van der Waals surface area contributed by atoms with Gasteiger partial charge in [0.2, 0.25) is 5.91 Å². The number of ether oxygens (including phenoxy) is 1. The second kappa shape index (κ2) is 7.49. The van der Waals surface area contributed by atoms with E-state index in [0.29, 0.717) is 17.7 Å². The molecule has 0 radical (unpaired) electrons. The van der Waals surface area contributed by atoms with Crippen LogP contribution in [0.3, 0.4) is 0 Å². The maximum atomic E-state index is 12.2. The van der Waals surface area contributed by atoms with Crippen molar-refractivity contribution in [3.63, 3.8) is 0 Å². The van der Waals surface area contributed by atoms with E-state index in [-0.39, 0.29) is 0 Å². The maximum Gasteiger partial charge on any atom is 0.222 e. The average Bonchev–Trinajstić information content (AvgIpc) is 3.07. The van der Waals surface area contributed by atoms with Crippen LogP contribution in [0.4, 0.5) is 0 Å². The van der Waals surface area contributed by atoms with Crippen LogP contribution in [-0.2, 0) is 16.1 Å². The van der Waals surface area contributed by atoms with Gasteiger partial charge in [0.25, 0.3) is 0 Å². The third kappa shape index (κ3) is 4.15. The Labute approximate surface area is 138 Å². The molecule has 3 heterocycles. The third-order valence-corrected chi connectivity index (χ3v) is 5.40. The first-order valence-electron chi connectivity index (χ1n) is 8.72. The largest absolute Gasteiger partial charge is 0.468 e. The van der Waals surface area contributed by atoms with E-state index in [9.17, 15) is 4.79 Å². The summed E-state index contributed by atoms with van der Waals surface area (Å²) in [6, 6.07) is 3.99. The Morgan fingerprint density at radius 3 is 2.83 bits per heavy atom. The van der Waals surface area contributed by atoms with Crippen LogP contribution in [0, 0.1) is 5.41 Å². The van der Waals surface area contributed by atoms with Crippen LogP contribution in [0.5, 0.6) is 0 Å². The molecule has 1 aromatic heterocycles. The number of methoxy groups -OCH3 is 1. The summed E-state index contributed by atoms with van der Waals surface area (Å²) < 4.78 is 10.6. The quantitative estimate of drug-likeness (QED) is 0.756. The zero-order chi connectivity index (χ0) is 16.1. The molecule has 3 rings (SSSR count). The lowest BCUT2D eigenvalue weighted by Crippen LogP contribution is -2.51. The van der Waals surface area contributed by atoms with Crippen molar-refractivity contribution in [2.24, 2.45) is 5.41 Å². The molecular formula is C18H28N2O3. The number of amides is 1. The van der Waals surface area contributed by atoms with Crippen LogP contribution in [-0.4, -0.2) is 55.6 Å². The van der Waals surface area contributed by atoms with Gasteiger partial charge in [0.05, 0.1) is 12.8 Å². The zero-order valence-electron chi connectivity index (χ0n) is 14.1. The highest BCUT2D eigenvalue weighted by Gasteiger charge is 2.40. The fraction of sp³-hybridized carbons (Fsp3) is 0.722. The maximum absolute atomic E-state index is 12.2. The molecule has 1 amide bonds. The lowest BCUT2D eigenvalue weighted by atomic mass is 9.72.